The van der Waals surface area contributed by atoms with Gasteiger partial charge in [0.05, 0.1) is 4.91 Å². The minimum absolute atomic E-state index is 0.0570. The lowest BCUT2D eigenvalue weighted by Gasteiger charge is -2.21. The molecule has 4 nitrogen and oxygen atoms in total. The number of carbonyl (C=O) groups excluding carboxylic acids is 2. The number of hydrogen-bond donors (Lipinski definition) is 0. The van der Waals surface area contributed by atoms with Gasteiger partial charge in [-0.05, 0) is 62.7 Å². The molecule has 0 radical (unpaired) electrons. The fourth-order valence-corrected chi connectivity index (χ4v) is 3.49. The fraction of sp³-hybridized carbons (Fsp3) is 0.444. The van der Waals surface area contributed by atoms with E-state index < -0.39 is 0 Å². The summed E-state index contributed by atoms with van der Waals surface area (Å²) >= 11 is 1.03. The lowest BCUT2D eigenvalue weighted by atomic mass is 10.1. The van der Waals surface area contributed by atoms with E-state index in [1.165, 1.54) is 10.6 Å². The maximum atomic E-state index is 12.4. The number of anilines is 1. The summed E-state index contributed by atoms with van der Waals surface area (Å²) in [6.07, 6.45) is 2.57. The third-order valence-corrected chi connectivity index (χ3v) is 5.06. The minimum atomic E-state index is -0.179. The lowest BCUT2D eigenvalue weighted by Crippen LogP contribution is -2.36. The third kappa shape index (κ3) is 3.78. The summed E-state index contributed by atoms with van der Waals surface area (Å²) in [5, 5.41) is -0.171. The fourth-order valence-electron chi connectivity index (χ4n) is 2.56. The van der Waals surface area contributed by atoms with Gasteiger partial charge in [-0.1, -0.05) is 19.1 Å². The summed E-state index contributed by atoms with van der Waals surface area (Å²) in [5.41, 5.74) is 2.11. The van der Waals surface area contributed by atoms with E-state index in [0.717, 1.165) is 36.8 Å². The highest BCUT2D eigenvalue weighted by Crippen LogP contribution is 2.34. The molecule has 2 rings (SSSR count). The average molecular weight is 332 g/mol. The van der Waals surface area contributed by atoms with E-state index in [4.69, 9.17) is 0 Å². The first-order valence-electron chi connectivity index (χ1n) is 8.13. The Morgan fingerprint density at radius 2 is 1.74 bits per heavy atom. The van der Waals surface area contributed by atoms with Crippen LogP contribution in [0.4, 0.5) is 10.5 Å². The summed E-state index contributed by atoms with van der Waals surface area (Å²) < 4.78 is 0. The molecule has 1 fully saturated rings. The molecule has 0 saturated carbocycles. The molecule has 0 spiro atoms. The standard InChI is InChI=1S/C18H24N2O2S/c1-5-13(4)20-17(21)16(23-18(20)22)12-14-8-10-15(11-9-14)19(6-2)7-3/h8-13H,5-7H2,1-4H3/b16-12-/t13-/m1/s1. The molecule has 1 aromatic carbocycles. The molecule has 0 aromatic heterocycles. The van der Waals surface area contributed by atoms with Crippen LogP contribution in [0.3, 0.4) is 0 Å². The molecule has 124 valence electrons. The molecular formula is C18H24N2O2S. The van der Waals surface area contributed by atoms with Crippen LogP contribution in [0.25, 0.3) is 6.08 Å². The maximum Gasteiger partial charge on any atom is 0.293 e. The first-order valence-corrected chi connectivity index (χ1v) is 8.95. The molecule has 5 heteroatoms. The molecular weight excluding hydrogens is 308 g/mol. The predicted molar refractivity (Wildman–Crippen MR) is 97.6 cm³/mol. The van der Waals surface area contributed by atoms with E-state index in [-0.39, 0.29) is 17.2 Å². The Kier molecular flexibility index (Phi) is 5.88. The van der Waals surface area contributed by atoms with Gasteiger partial charge in [0.25, 0.3) is 11.1 Å². The molecule has 2 amide bonds. The summed E-state index contributed by atoms with van der Waals surface area (Å²) in [6, 6.07) is 8.03. The Balaban J connectivity index is 2.19. The van der Waals surface area contributed by atoms with Crippen LogP contribution in [0, 0.1) is 0 Å². The Morgan fingerprint density at radius 1 is 1.13 bits per heavy atom. The average Bonchev–Trinajstić information content (AvgIpc) is 2.83. The van der Waals surface area contributed by atoms with Crippen molar-refractivity contribution in [2.75, 3.05) is 18.0 Å². The number of imide groups is 1. The third-order valence-electron chi connectivity index (χ3n) is 4.17. The predicted octanol–water partition coefficient (Wildman–Crippen LogP) is 4.37. The first kappa shape index (κ1) is 17.6. The molecule has 0 unspecified atom stereocenters. The molecule has 23 heavy (non-hydrogen) atoms. The Labute approximate surface area is 142 Å². The van der Waals surface area contributed by atoms with E-state index in [1.807, 2.05) is 26.0 Å². The molecule has 1 atom stereocenters. The van der Waals surface area contributed by atoms with E-state index in [9.17, 15) is 9.59 Å². The van der Waals surface area contributed by atoms with Crippen molar-refractivity contribution in [1.82, 2.24) is 4.90 Å². The number of amides is 2. The number of hydrogen-bond acceptors (Lipinski definition) is 4. The van der Waals surface area contributed by atoms with Crippen LogP contribution in [-0.4, -0.2) is 35.2 Å². The van der Waals surface area contributed by atoms with Gasteiger partial charge in [-0.15, -0.1) is 0 Å². The monoisotopic (exact) mass is 332 g/mol. The summed E-state index contributed by atoms with van der Waals surface area (Å²) in [4.78, 5) is 28.6. The molecule has 1 aromatic rings. The molecule has 1 aliphatic heterocycles. The van der Waals surface area contributed by atoms with Crippen molar-refractivity contribution < 1.29 is 9.59 Å². The number of thioether (sulfide) groups is 1. The van der Waals surface area contributed by atoms with Crippen LogP contribution < -0.4 is 4.90 Å². The highest BCUT2D eigenvalue weighted by Gasteiger charge is 2.37. The zero-order valence-corrected chi connectivity index (χ0v) is 15.0. The maximum absolute atomic E-state index is 12.4. The molecule has 1 heterocycles. The van der Waals surface area contributed by atoms with Gasteiger partial charge in [0, 0.05) is 24.8 Å². The van der Waals surface area contributed by atoms with Crippen molar-refractivity contribution in [3.8, 4) is 0 Å². The lowest BCUT2D eigenvalue weighted by molar-refractivity contribution is -0.124. The summed E-state index contributed by atoms with van der Waals surface area (Å²) in [7, 11) is 0. The van der Waals surface area contributed by atoms with Crippen LogP contribution in [0.2, 0.25) is 0 Å². The highest BCUT2D eigenvalue weighted by atomic mass is 32.2. The second kappa shape index (κ2) is 7.68. The van der Waals surface area contributed by atoms with Crippen molar-refractivity contribution in [2.45, 2.75) is 40.2 Å². The molecule has 1 saturated heterocycles. The summed E-state index contributed by atoms with van der Waals surface area (Å²) in [5.74, 6) is -0.179. The van der Waals surface area contributed by atoms with Gasteiger partial charge >= 0.3 is 0 Å². The normalized spacial score (nSPS) is 17.9. The van der Waals surface area contributed by atoms with Crippen LogP contribution in [-0.2, 0) is 4.79 Å². The van der Waals surface area contributed by atoms with Crippen molar-refractivity contribution in [2.24, 2.45) is 0 Å². The van der Waals surface area contributed by atoms with Gasteiger partial charge in [-0.3, -0.25) is 14.5 Å². The van der Waals surface area contributed by atoms with Gasteiger partial charge in [0.2, 0.25) is 0 Å². The van der Waals surface area contributed by atoms with E-state index in [2.05, 4.69) is 30.9 Å². The molecule has 1 aliphatic rings. The van der Waals surface area contributed by atoms with Crippen molar-refractivity contribution in [3.63, 3.8) is 0 Å². The Hall–Kier alpha value is -1.75. The van der Waals surface area contributed by atoms with E-state index in [1.54, 1.807) is 6.08 Å². The number of rotatable bonds is 6. The van der Waals surface area contributed by atoms with Gasteiger partial charge in [0.1, 0.15) is 0 Å². The second-order valence-electron chi connectivity index (χ2n) is 5.57. The largest absolute Gasteiger partial charge is 0.372 e. The van der Waals surface area contributed by atoms with Crippen LogP contribution in [0.15, 0.2) is 29.2 Å². The quantitative estimate of drug-likeness (QED) is 0.725. The number of benzene rings is 1. The molecule has 0 bridgehead atoms. The second-order valence-corrected chi connectivity index (χ2v) is 6.57. The van der Waals surface area contributed by atoms with Gasteiger partial charge in [-0.25, -0.2) is 0 Å². The zero-order chi connectivity index (χ0) is 17.0. The molecule has 0 aliphatic carbocycles. The Morgan fingerprint density at radius 3 is 2.26 bits per heavy atom. The van der Waals surface area contributed by atoms with Crippen LogP contribution >= 0.6 is 11.8 Å². The van der Waals surface area contributed by atoms with Gasteiger partial charge in [0.15, 0.2) is 0 Å². The van der Waals surface area contributed by atoms with Gasteiger partial charge in [-0.2, -0.15) is 0 Å². The van der Waals surface area contributed by atoms with Crippen molar-refractivity contribution >= 4 is 34.7 Å². The van der Waals surface area contributed by atoms with E-state index in [0.29, 0.717) is 4.91 Å². The number of carbonyl (C=O) groups is 2. The van der Waals surface area contributed by atoms with Crippen molar-refractivity contribution in [1.29, 1.82) is 0 Å². The Bertz CT molecular complexity index is 606. The smallest absolute Gasteiger partial charge is 0.293 e. The highest BCUT2D eigenvalue weighted by molar-refractivity contribution is 8.18. The zero-order valence-electron chi connectivity index (χ0n) is 14.2. The van der Waals surface area contributed by atoms with Crippen LogP contribution in [0.1, 0.15) is 39.7 Å². The van der Waals surface area contributed by atoms with Crippen LogP contribution in [0.5, 0.6) is 0 Å². The topological polar surface area (TPSA) is 40.6 Å². The van der Waals surface area contributed by atoms with E-state index >= 15 is 0 Å². The molecule has 0 N–H and O–H groups in total. The number of nitrogens with zero attached hydrogens (tertiary/aromatic N) is 2. The summed E-state index contributed by atoms with van der Waals surface area (Å²) in [6.45, 7) is 10.1. The van der Waals surface area contributed by atoms with Gasteiger partial charge < -0.3 is 4.90 Å². The first-order chi connectivity index (χ1) is 11.0. The minimum Gasteiger partial charge on any atom is -0.372 e. The van der Waals surface area contributed by atoms with Crippen molar-refractivity contribution in [3.05, 3.63) is 34.7 Å². The SMILES string of the molecule is CC[C@@H](C)N1C(=O)S/C(=C\c2ccc(N(CC)CC)cc2)C1=O.